The molecule has 25 heavy (non-hydrogen) atoms. The Labute approximate surface area is 157 Å². The average Bonchev–Trinajstić information content (AvgIpc) is 2.64. The Morgan fingerprint density at radius 1 is 0.760 bits per heavy atom. The first kappa shape index (κ1) is 23.1. The molecule has 4 nitrogen and oxygen atoms in total. The molecule has 0 aromatic carbocycles. The smallest absolute Gasteiger partial charge is 0.338 e. The average molecular weight is 374 g/mol. The van der Waals surface area contributed by atoms with Gasteiger partial charge in [-0.2, -0.15) is 0 Å². The fraction of sp³-hybridized carbons (Fsp3) is 1.00. The van der Waals surface area contributed by atoms with Gasteiger partial charge in [-0.3, -0.25) is 4.90 Å². The van der Waals surface area contributed by atoms with Crippen molar-refractivity contribution in [2.45, 2.75) is 84.2 Å². The number of morpholine rings is 1. The van der Waals surface area contributed by atoms with E-state index in [-0.39, 0.29) is 0 Å². The van der Waals surface area contributed by atoms with Crippen LogP contribution in [0, 0.1) is 0 Å². The highest BCUT2D eigenvalue weighted by Gasteiger charge is 2.36. The lowest BCUT2D eigenvalue weighted by molar-refractivity contribution is 0.0375. The molecular formula is C20H43NO3Si. The summed E-state index contributed by atoms with van der Waals surface area (Å²) in [5, 5.41) is 0. The van der Waals surface area contributed by atoms with Crippen molar-refractivity contribution in [3.05, 3.63) is 0 Å². The molecule has 0 amide bonds. The van der Waals surface area contributed by atoms with Gasteiger partial charge in [-0.25, -0.2) is 0 Å². The van der Waals surface area contributed by atoms with Crippen molar-refractivity contribution < 1.29 is 13.6 Å². The van der Waals surface area contributed by atoms with Crippen LogP contribution >= 0.6 is 0 Å². The van der Waals surface area contributed by atoms with Crippen LogP contribution in [0.25, 0.3) is 0 Å². The Kier molecular flexibility index (Phi) is 14.0. The Bertz CT molecular complexity index is 287. The van der Waals surface area contributed by atoms with Crippen LogP contribution in [0.3, 0.4) is 0 Å². The maximum Gasteiger partial charge on any atom is 0.338 e. The predicted molar refractivity (Wildman–Crippen MR) is 108 cm³/mol. The predicted octanol–water partition coefficient (Wildman–Crippen LogP) is 4.97. The summed E-state index contributed by atoms with van der Waals surface area (Å²) in [6, 6.07) is 2.30. The van der Waals surface area contributed by atoms with E-state index in [4.69, 9.17) is 13.6 Å². The van der Waals surface area contributed by atoms with Crippen LogP contribution in [0.2, 0.25) is 12.1 Å². The van der Waals surface area contributed by atoms with E-state index in [0.29, 0.717) is 0 Å². The van der Waals surface area contributed by atoms with Crippen LogP contribution in [-0.2, 0) is 13.6 Å². The highest BCUT2D eigenvalue weighted by molar-refractivity contribution is 6.67. The van der Waals surface area contributed by atoms with Crippen LogP contribution in [0.1, 0.15) is 72.1 Å². The molecule has 1 aliphatic heterocycles. The number of rotatable bonds is 16. The van der Waals surface area contributed by atoms with E-state index < -0.39 is 8.56 Å². The van der Waals surface area contributed by atoms with Gasteiger partial charge < -0.3 is 13.6 Å². The molecule has 1 fully saturated rings. The normalized spacial score (nSPS) is 16.4. The fourth-order valence-corrected chi connectivity index (χ4v) is 6.86. The van der Waals surface area contributed by atoms with Gasteiger partial charge in [0.05, 0.1) is 13.2 Å². The van der Waals surface area contributed by atoms with Crippen molar-refractivity contribution >= 4 is 8.56 Å². The Balaban J connectivity index is 2.47. The first-order chi connectivity index (χ1) is 12.3. The lowest BCUT2D eigenvalue weighted by Gasteiger charge is -2.32. The van der Waals surface area contributed by atoms with Crippen molar-refractivity contribution in [2.24, 2.45) is 0 Å². The Hall–Kier alpha value is 0.0569. The van der Waals surface area contributed by atoms with Crippen molar-refractivity contribution in [3.63, 3.8) is 0 Å². The zero-order valence-electron chi connectivity index (χ0n) is 17.2. The minimum atomic E-state index is -2.04. The summed E-state index contributed by atoms with van der Waals surface area (Å²) in [4.78, 5) is 2.53. The minimum Gasteiger partial charge on any atom is -0.394 e. The summed E-state index contributed by atoms with van der Waals surface area (Å²) in [6.45, 7) is 13.7. The van der Waals surface area contributed by atoms with E-state index >= 15 is 0 Å². The highest BCUT2D eigenvalue weighted by Crippen LogP contribution is 2.24. The Morgan fingerprint density at radius 3 is 1.88 bits per heavy atom. The number of hydrogen-bond donors (Lipinski definition) is 0. The first-order valence-corrected chi connectivity index (χ1v) is 13.1. The number of nitrogens with zero attached hydrogens (tertiary/aromatic N) is 1. The van der Waals surface area contributed by atoms with Gasteiger partial charge in [0.1, 0.15) is 0 Å². The van der Waals surface area contributed by atoms with E-state index in [2.05, 4.69) is 25.7 Å². The molecule has 1 saturated heterocycles. The lowest BCUT2D eigenvalue weighted by Crippen LogP contribution is -2.44. The second-order valence-electron chi connectivity index (χ2n) is 7.33. The third-order valence-electron chi connectivity index (χ3n) is 4.99. The molecule has 1 heterocycles. The van der Waals surface area contributed by atoms with Crippen molar-refractivity contribution in [3.8, 4) is 0 Å². The molecule has 0 N–H and O–H groups in total. The third-order valence-corrected chi connectivity index (χ3v) is 8.83. The zero-order chi connectivity index (χ0) is 18.2. The van der Waals surface area contributed by atoms with Gasteiger partial charge in [-0.1, -0.05) is 52.9 Å². The summed E-state index contributed by atoms with van der Waals surface area (Å²) in [6.07, 6.45) is 9.76. The molecule has 5 heteroatoms. The molecule has 150 valence electrons. The van der Waals surface area contributed by atoms with Crippen molar-refractivity contribution in [2.75, 3.05) is 46.1 Å². The summed E-state index contributed by atoms with van der Waals surface area (Å²) in [5.41, 5.74) is 0. The zero-order valence-corrected chi connectivity index (χ0v) is 18.2. The third kappa shape index (κ3) is 10.7. The molecule has 0 aliphatic carbocycles. The molecule has 0 unspecified atom stereocenters. The largest absolute Gasteiger partial charge is 0.394 e. The molecule has 0 bridgehead atoms. The SMILES string of the molecule is CCCCCO[Si](CCC)(CCCN1CCOCC1)OCCCCC. The number of unbranched alkanes of at least 4 members (excludes halogenated alkanes) is 4. The van der Waals surface area contributed by atoms with Crippen LogP contribution < -0.4 is 0 Å². The Morgan fingerprint density at radius 2 is 1.36 bits per heavy atom. The van der Waals surface area contributed by atoms with Crippen LogP contribution in [0.15, 0.2) is 0 Å². The maximum absolute atomic E-state index is 6.52. The maximum atomic E-state index is 6.52. The van der Waals surface area contributed by atoms with E-state index in [0.717, 1.165) is 51.6 Å². The minimum absolute atomic E-state index is 0.887. The van der Waals surface area contributed by atoms with E-state index in [1.54, 1.807) is 0 Å². The summed E-state index contributed by atoms with van der Waals surface area (Å²) in [5.74, 6) is 0. The molecule has 0 aromatic rings. The fourth-order valence-electron chi connectivity index (χ4n) is 3.45. The summed E-state index contributed by atoms with van der Waals surface area (Å²) in [7, 11) is -2.04. The summed E-state index contributed by atoms with van der Waals surface area (Å²) >= 11 is 0. The molecule has 1 rings (SSSR count). The van der Waals surface area contributed by atoms with Gasteiger partial charge in [0.2, 0.25) is 0 Å². The van der Waals surface area contributed by atoms with Gasteiger partial charge in [-0.05, 0) is 37.9 Å². The van der Waals surface area contributed by atoms with Gasteiger partial charge in [0, 0.05) is 26.3 Å². The van der Waals surface area contributed by atoms with Gasteiger partial charge in [0.15, 0.2) is 0 Å². The van der Waals surface area contributed by atoms with Crippen LogP contribution in [-0.4, -0.2) is 59.5 Å². The molecule has 0 radical (unpaired) electrons. The van der Waals surface area contributed by atoms with Crippen LogP contribution in [0.5, 0.6) is 0 Å². The lowest BCUT2D eigenvalue weighted by atomic mass is 10.3. The van der Waals surface area contributed by atoms with E-state index in [9.17, 15) is 0 Å². The summed E-state index contributed by atoms with van der Waals surface area (Å²) < 4.78 is 18.5. The van der Waals surface area contributed by atoms with Crippen molar-refractivity contribution in [1.82, 2.24) is 4.90 Å². The van der Waals surface area contributed by atoms with E-state index in [1.165, 1.54) is 57.9 Å². The number of ether oxygens (including phenoxy) is 1. The topological polar surface area (TPSA) is 30.9 Å². The van der Waals surface area contributed by atoms with Gasteiger partial charge in [-0.15, -0.1) is 0 Å². The molecule has 0 atom stereocenters. The van der Waals surface area contributed by atoms with E-state index in [1.807, 2.05) is 0 Å². The molecule has 0 spiro atoms. The standard InChI is InChI=1S/C20H43NO3Si/c1-4-7-9-15-23-25(19-6-3,24-16-10-8-5-2)20-11-12-21-13-17-22-18-14-21/h4-20H2,1-3H3. The van der Waals surface area contributed by atoms with Gasteiger partial charge >= 0.3 is 8.56 Å². The molecule has 0 saturated carbocycles. The highest BCUT2D eigenvalue weighted by atomic mass is 28.4. The molecule has 1 aliphatic rings. The quantitative estimate of drug-likeness (QED) is 0.282. The van der Waals surface area contributed by atoms with Crippen molar-refractivity contribution in [1.29, 1.82) is 0 Å². The van der Waals surface area contributed by atoms with Crippen LogP contribution in [0.4, 0.5) is 0 Å². The second kappa shape index (κ2) is 15.1. The molecule has 0 aromatic heterocycles. The first-order valence-electron chi connectivity index (χ1n) is 10.8. The number of hydrogen-bond acceptors (Lipinski definition) is 4. The monoisotopic (exact) mass is 373 g/mol. The molecular weight excluding hydrogens is 330 g/mol. The van der Waals surface area contributed by atoms with Gasteiger partial charge in [0.25, 0.3) is 0 Å². The second-order valence-corrected chi connectivity index (χ2v) is 10.7.